The van der Waals surface area contributed by atoms with Crippen LogP contribution in [0.3, 0.4) is 0 Å². The Kier molecular flexibility index (Phi) is 4.75. The molecule has 3 aromatic heterocycles. The Balaban J connectivity index is 1.86. The Morgan fingerprint density at radius 2 is 1.97 bits per heavy atom. The van der Waals surface area contributed by atoms with Crippen molar-refractivity contribution in [1.29, 1.82) is 0 Å². The van der Waals surface area contributed by atoms with Crippen molar-refractivity contribution >= 4 is 28.1 Å². The van der Waals surface area contributed by atoms with Crippen LogP contribution >= 0.6 is 0 Å². The van der Waals surface area contributed by atoms with Gasteiger partial charge in [-0.3, -0.25) is 14.6 Å². The van der Waals surface area contributed by atoms with E-state index in [1.54, 1.807) is 39.8 Å². The number of nitrogens with one attached hydrogen (secondary N) is 1. The fourth-order valence-electron chi connectivity index (χ4n) is 3.50. The first-order valence-corrected chi connectivity index (χ1v) is 9.40. The van der Waals surface area contributed by atoms with Gasteiger partial charge in [0.15, 0.2) is 0 Å². The molecule has 0 aliphatic carbocycles. The van der Waals surface area contributed by atoms with Crippen molar-refractivity contribution in [3.05, 3.63) is 70.4 Å². The maximum atomic E-state index is 13.0. The van der Waals surface area contributed by atoms with Gasteiger partial charge in [-0.1, -0.05) is 6.07 Å². The van der Waals surface area contributed by atoms with Crippen molar-refractivity contribution in [2.45, 2.75) is 20.0 Å². The number of rotatable bonds is 5. The van der Waals surface area contributed by atoms with E-state index in [9.17, 15) is 9.59 Å². The smallest absolute Gasteiger partial charge is 0.277 e. The van der Waals surface area contributed by atoms with Crippen LogP contribution in [0.15, 0.2) is 53.7 Å². The fraction of sp³-hybridized carbons (Fsp3) is 0.238. The van der Waals surface area contributed by atoms with Crippen molar-refractivity contribution in [2.75, 3.05) is 19.0 Å². The Morgan fingerprint density at radius 1 is 1.14 bits per heavy atom. The summed E-state index contributed by atoms with van der Waals surface area (Å²) in [5.41, 5.74) is 4.00. The van der Waals surface area contributed by atoms with E-state index in [1.165, 1.54) is 0 Å². The molecule has 3 heterocycles. The minimum atomic E-state index is -0.213. The number of hydrogen-bond donors (Lipinski definition) is 1. The molecule has 1 amide bonds. The van der Waals surface area contributed by atoms with Crippen LogP contribution in [0.2, 0.25) is 0 Å². The van der Waals surface area contributed by atoms with E-state index in [0.29, 0.717) is 29.7 Å². The zero-order chi connectivity index (χ0) is 20.5. The van der Waals surface area contributed by atoms with Gasteiger partial charge in [0.2, 0.25) is 0 Å². The standard InChI is InChI=1S/C21H22N6O2/c1-4-26-18-10-15(20(28)23-13-14-6-5-8-22-12-14)17(25(2)3)11-19(18)27-16(21(26)29)7-9-24-27/h5-12H,4,13H2,1-3H3,(H,23,28). The zero-order valence-electron chi connectivity index (χ0n) is 16.6. The number of nitrogens with zero attached hydrogens (tertiary/aromatic N) is 5. The van der Waals surface area contributed by atoms with E-state index in [4.69, 9.17) is 0 Å². The number of hydrogen-bond acceptors (Lipinski definition) is 5. The average Bonchev–Trinajstić information content (AvgIpc) is 3.23. The minimum absolute atomic E-state index is 0.128. The lowest BCUT2D eigenvalue weighted by molar-refractivity contribution is 0.0951. The van der Waals surface area contributed by atoms with Gasteiger partial charge in [-0.2, -0.15) is 5.10 Å². The van der Waals surface area contributed by atoms with Gasteiger partial charge in [0, 0.05) is 39.6 Å². The van der Waals surface area contributed by atoms with Crippen LogP contribution in [0.4, 0.5) is 5.69 Å². The summed E-state index contributed by atoms with van der Waals surface area (Å²) in [6.45, 7) is 2.78. The summed E-state index contributed by atoms with van der Waals surface area (Å²) in [4.78, 5) is 31.8. The van der Waals surface area contributed by atoms with E-state index in [1.807, 2.05) is 44.1 Å². The highest BCUT2D eigenvalue weighted by Gasteiger charge is 2.19. The molecular formula is C21H22N6O2. The predicted octanol–water partition coefficient (Wildman–Crippen LogP) is 2.06. The number of fused-ring (bicyclic) bond motifs is 3. The fourth-order valence-corrected chi connectivity index (χ4v) is 3.50. The topological polar surface area (TPSA) is 84.5 Å². The Bertz CT molecular complexity index is 1260. The third kappa shape index (κ3) is 3.22. The molecule has 4 rings (SSSR count). The van der Waals surface area contributed by atoms with Crippen molar-refractivity contribution in [3.8, 4) is 0 Å². The number of anilines is 1. The van der Waals surface area contributed by atoms with Crippen molar-refractivity contribution in [2.24, 2.45) is 0 Å². The highest BCUT2D eigenvalue weighted by atomic mass is 16.1. The summed E-state index contributed by atoms with van der Waals surface area (Å²) in [6, 6.07) is 9.12. The van der Waals surface area contributed by atoms with Gasteiger partial charge in [0.1, 0.15) is 5.52 Å². The zero-order valence-corrected chi connectivity index (χ0v) is 16.6. The summed E-state index contributed by atoms with van der Waals surface area (Å²) in [6.07, 6.45) is 5.02. The molecule has 0 bridgehead atoms. The first-order chi connectivity index (χ1) is 14.0. The normalized spacial score (nSPS) is 11.1. The number of aromatic nitrogens is 4. The first-order valence-electron chi connectivity index (χ1n) is 9.40. The van der Waals surface area contributed by atoms with E-state index < -0.39 is 0 Å². The molecule has 0 saturated heterocycles. The molecular weight excluding hydrogens is 368 g/mol. The number of aryl methyl sites for hydroxylation is 1. The van der Waals surface area contributed by atoms with Gasteiger partial charge in [-0.05, 0) is 36.8 Å². The van der Waals surface area contributed by atoms with E-state index in [2.05, 4.69) is 15.4 Å². The lowest BCUT2D eigenvalue weighted by atomic mass is 10.1. The second-order valence-corrected chi connectivity index (χ2v) is 6.97. The van der Waals surface area contributed by atoms with Crippen LogP contribution in [0.5, 0.6) is 0 Å². The van der Waals surface area contributed by atoms with Crippen molar-refractivity contribution in [3.63, 3.8) is 0 Å². The monoisotopic (exact) mass is 390 g/mol. The second-order valence-electron chi connectivity index (χ2n) is 6.97. The summed E-state index contributed by atoms with van der Waals surface area (Å²) < 4.78 is 3.30. The number of amides is 1. The molecule has 0 aliphatic rings. The largest absolute Gasteiger partial charge is 0.377 e. The van der Waals surface area contributed by atoms with Crippen molar-refractivity contribution in [1.82, 2.24) is 24.5 Å². The van der Waals surface area contributed by atoms with Crippen molar-refractivity contribution < 1.29 is 4.79 Å². The number of carbonyl (C=O) groups excluding carboxylic acids is 1. The molecule has 8 heteroatoms. The highest BCUT2D eigenvalue weighted by Crippen LogP contribution is 2.26. The molecule has 148 valence electrons. The van der Waals surface area contributed by atoms with Crippen LogP contribution in [0.25, 0.3) is 16.6 Å². The number of pyridine rings is 1. The van der Waals surface area contributed by atoms with Crippen LogP contribution in [0.1, 0.15) is 22.8 Å². The first kappa shape index (κ1) is 18.7. The SMILES string of the molecule is CCn1c(=O)c2ccnn2c2cc(N(C)C)c(C(=O)NCc3cccnc3)cc21. The van der Waals surface area contributed by atoms with Crippen LogP contribution in [0, 0.1) is 0 Å². The van der Waals surface area contributed by atoms with Gasteiger partial charge in [-0.25, -0.2) is 4.52 Å². The lowest BCUT2D eigenvalue weighted by Gasteiger charge is -2.20. The molecule has 0 unspecified atom stereocenters. The van der Waals surface area contributed by atoms with Crippen LogP contribution in [-0.2, 0) is 13.1 Å². The highest BCUT2D eigenvalue weighted by molar-refractivity contribution is 6.03. The van der Waals surface area contributed by atoms with Gasteiger partial charge in [0.25, 0.3) is 11.5 Å². The molecule has 1 N–H and O–H groups in total. The van der Waals surface area contributed by atoms with Gasteiger partial charge >= 0.3 is 0 Å². The van der Waals surface area contributed by atoms with E-state index in [0.717, 1.165) is 16.8 Å². The molecule has 0 spiro atoms. The summed E-state index contributed by atoms with van der Waals surface area (Å²) >= 11 is 0. The molecule has 4 aromatic rings. The molecule has 1 aromatic carbocycles. The maximum absolute atomic E-state index is 13.0. The van der Waals surface area contributed by atoms with Gasteiger partial charge in [-0.15, -0.1) is 0 Å². The lowest BCUT2D eigenvalue weighted by Crippen LogP contribution is -2.27. The molecule has 29 heavy (non-hydrogen) atoms. The third-order valence-electron chi connectivity index (χ3n) is 4.94. The predicted molar refractivity (Wildman–Crippen MR) is 112 cm³/mol. The van der Waals surface area contributed by atoms with Gasteiger partial charge < -0.3 is 14.8 Å². The third-order valence-corrected chi connectivity index (χ3v) is 4.94. The molecule has 8 nitrogen and oxygen atoms in total. The molecule has 0 saturated carbocycles. The quantitative estimate of drug-likeness (QED) is 0.564. The van der Waals surface area contributed by atoms with Crippen LogP contribution in [-0.4, -0.2) is 39.2 Å². The molecule has 0 aliphatic heterocycles. The Labute approximate surface area is 167 Å². The minimum Gasteiger partial charge on any atom is -0.377 e. The maximum Gasteiger partial charge on any atom is 0.277 e. The average molecular weight is 390 g/mol. The molecule has 0 atom stereocenters. The Hall–Kier alpha value is -3.68. The molecule has 0 radical (unpaired) electrons. The van der Waals surface area contributed by atoms with Gasteiger partial charge in [0.05, 0.1) is 28.5 Å². The van der Waals surface area contributed by atoms with Crippen LogP contribution < -0.4 is 15.8 Å². The summed E-state index contributed by atoms with van der Waals surface area (Å²) in [5, 5.41) is 7.26. The Morgan fingerprint density at radius 3 is 2.66 bits per heavy atom. The summed E-state index contributed by atoms with van der Waals surface area (Å²) in [5.74, 6) is -0.213. The second kappa shape index (κ2) is 7.38. The number of benzene rings is 1. The molecule has 0 fully saturated rings. The summed E-state index contributed by atoms with van der Waals surface area (Å²) in [7, 11) is 3.77. The van der Waals surface area contributed by atoms with E-state index >= 15 is 0 Å². The van der Waals surface area contributed by atoms with E-state index in [-0.39, 0.29) is 11.5 Å². The number of carbonyl (C=O) groups is 1.